The third kappa shape index (κ3) is 2.75. The number of hydrogen-bond donors (Lipinski definition) is 2. The first-order valence-corrected chi connectivity index (χ1v) is 6.77. The van der Waals surface area contributed by atoms with Crippen molar-refractivity contribution in [2.24, 2.45) is 7.05 Å². The summed E-state index contributed by atoms with van der Waals surface area (Å²) in [6.07, 6.45) is 4.13. The molecule has 1 aliphatic heterocycles. The van der Waals surface area contributed by atoms with Gasteiger partial charge >= 0.3 is 0 Å². The fourth-order valence-corrected chi connectivity index (χ4v) is 2.50. The monoisotopic (exact) mass is 307 g/mol. The highest BCUT2D eigenvalue weighted by molar-refractivity contribution is 6.29. The highest BCUT2D eigenvalue weighted by atomic mass is 35.5. The summed E-state index contributed by atoms with van der Waals surface area (Å²) in [4.78, 5) is 21.9. The van der Waals surface area contributed by atoms with Crippen molar-refractivity contribution in [1.82, 2.24) is 19.7 Å². The molecule has 9 heteroatoms. The zero-order valence-electron chi connectivity index (χ0n) is 11.3. The fraction of sp³-hybridized carbons (Fsp3) is 0.333. The Bertz CT molecular complexity index is 666. The van der Waals surface area contributed by atoms with Crippen LogP contribution in [-0.2, 0) is 11.8 Å². The summed E-state index contributed by atoms with van der Waals surface area (Å²) in [5.41, 5.74) is 6.32. The van der Waals surface area contributed by atoms with E-state index >= 15 is 0 Å². The number of nitrogens with two attached hydrogens (primary N) is 1. The van der Waals surface area contributed by atoms with Crippen LogP contribution in [0.2, 0.25) is 5.15 Å². The van der Waals surface area contributed by atoms with Gasteiger partial charge in [0, 0.05) is 25.9 Å². The molecule has 0 spiro atoms. The van der Waals surface area contributed by atoms with Crippen molar-refractivity contribution in [2.75, 3.05) is 22.5 Å². The van der Waals surface area contributed by atoms with E-state index in [1.54, 1.807) is 22.0 Å². The first kappa shape index (κ1) is 13.6. The quantitative estimate of drug-likeness (QED) is 0.808. The lowest BCUT2D eigenvalue weighted by Gasteiger charge is -2.15. The first-order valence-electron chi connectivity index (χ1n) is 6.39. The van der Waals surface area contributed by atoms with Crippen LogP contribution in [0, 0.1) is 0 Å². The van der Waals surface area contributed by atoms with E-state index in [0.717, 1.165) is 5.69 Å². The smallest absolute Gasteiger partial charge is 0.249 e. The van der Waals surface area contributed by atoms with Gasteiger partial charge in [0.2, 0.25) is 11.9 Å². The van der Waals surface area contributed by atoms with Crippen molar-refractivity contribution >= 4 is 35.0 Å². The van der Waals surface area contributed by atoms with Gasteiger partial charge < -0.3 is 16.0 Å². The minimum Gasteiger partial charge on any atom is -0.368 e. The Balaban J connectivity index is 1.74. The van der Waals surface area contributed by atoms with Gasteiger partial charge in [-0.3, -0.25) is 9.48 Å². The van der Waals surface area contributed by atoms with Gasteiger partial charge in [0.25, 0.3) is 0 Å². The van der Waals surface area contributed by atoms with E-state index in [-0.39, 0.29) is 23.1 Å². The van der Waals surface area contributed by atoms with Gasteiger partial charge in [-0.05, 0) is 6.42 Å². The van der Waals surface area contributed by atoms with Crippen LogP contribution in [0.4, 0.5) is 17.5 Å². The second kappa shape index (κ2) is 5.21. The van der Waals surface area contributed by atoms with Crippen LogP contribution < -0.4 is 16.0 Å². The summed E-state index contributed by atoms with van der Waals surface area (Å²) in [5, 5.41) is 7.36. The predicted octanol–water partition coefficient (Wildman–Crippen LogP) is 0.663. The van der Waals surface area contributed by atoms with Crippen molar-refractivity contribution in [3.63, 3.8) is 0 Å². The highest BCUT2D eigenvalue weighted by Gasteiger charge is 2.33. The van der Waals surface area contributed by atoms with Gasteiger partial charge in [-0.15, -0.1) is 0 Å². The highest BCUT2D eigenvalue weighted by Crippen LogP contribution is 2.23. The van der Waals surface area contributed by atoms with Crippen LogP contribution >= 0.6 is 11.6 Å². The molecule has 1 atom stereocenters. The van der Waals surface area contributed by atoms with E-state index in [1.807, 2.05) is 7.05 Å². The zero-order chi connectivity index (χ0) is 15.0. The number of rotatable bonds is 3. The number of nitrogens with one attached hydrogen (secondary N) is 1. The summed E-state index contributed by atoms with van der Waals surface area (Å²) < 4.78 is 1.66. The average molecular weight is 308 g/mol. The maximum absolute atomic E-state index is 12.4. The topological polar surface area (TPSA) is 102 Å². The SMILES string of the molecule is Cn1cc(N2CCC(Nc3cc(Cl)nc(N)n3)C2=O)cn1. The van der Waals surface area contributed by atoms with E-state index in [9.17, 15) is 4.79 Å². The van der Waals surface area contributed by atoms with Gasteiger partial charge in [0.1, 0.15) is 17.0 Å². The Morgan fingerprint density at radius 1 is 1.48 bits per heavy atom. The summed E-state index contributed by atoms with van der Waals surface area (Å²) in [6, 6.07) is 1.17. The van der Waals surface area contributed by atoms with Crippen LogP contribution in [0.1, 0.15) is 6.42 Å². The van der Waals surface area contributed by atoms with Gasteiger partial charge in [-0.25, -0.2) is 4.98 Å². The van der Waals surface area contributed by atoms with Gasteiger partial charge in [0.05, 0.1) is 11.9 Å². The van der Waals surface area contributed by atoms with Gasteiger partial charge in [-0.2, -0.15) is 10.1 Å². The lowest BCUT2D eigenvalue weighted by atomic mass is 10.2. The Hall–Kier alpha value is -2.35. The maximum Gasteiger partial charge on any atom is 0.249 e. The number of aryl methyl sites for hydroxylation is 1. The number of anilines is 3. The molecule has 1 aliphatic rings. The molecule has 3 heterocycles. The molecule has 0 aliphatic carbocycles. The molecule has 0 saturated carbocycles. The molecule has 0 aromatic carbocycles. The molecule has 2 aromatic rings. The molecule has 0 bridgehead atoms. The molecule has 8 nitrogen and oxygen atoms in total. The van der Waals surface area contributed by atoms with Gasteiger partial charge in [0.15, 0.2) is 0 Å². The van der Waals surface area contributed by atoms with E-state index in [1.165, 1.54) is 6.07 Å². The lowest BCUT2D eigenvalue weighted by Crippen LogP contribution is -2.33. The number of nitrogen functional groups attached to an aromatic ring is 1. The van der Waals surface area contributed by atoms with Crippen molar-refractivity contribution in [2.45, 2.75) is 12.5 Å². The molecule has 2 aromatic heterocycles. The van der Waals surface area contributed by atoms with Crippen LogP contribution in [0.3, 0.4) is 0 Å². The Morgan fingerprint density at radius 3 is 2.95 bits per heavy atom. The average Bonchev–Trinajstić information content (AvgIpc) is 2.96. The molecule has 110 valence electrons. The summed E-state index contributed by atoms with van der Waals surface area (Å²) in [7, 11) is 1.81. The van der Waals surface area contributed by atoms with E-state index in [0.29, 0.717) is 18.8 Å². The summed E-state index contributed by atoms with van der Waals surface area (Å²) in [5.74, 6) is 0.481. The predicted molar refractivity (Wildman–Crippen MR) is 79.0 cm³/mol. The minimum atomic E-state index is -0.365. The van der Waals surface area contributed by atoms with Crippen molar-refractivity contribution in [3.05, 3.63) is 23.6 Å². The van der Waals surface area contributed by atoms with Crippen molar-refractivity contribution < 1.29 is 4.79 Å². The minimum absolute atomic E-state index is 0.0312. The first-order chi connectivity index (χ1) is 10.0. The third-order valence-corrected chi connectivity index (χ3v) is 3.44. The molecule has 0 radical (unpaired) electrons. The molecule has 1 unspecified atom stereocenters. The number of carbonyl (C=O) groups excluding carboxylic acids is 1. The number of aromatic nitrogens is 4. The third-order valence-electron chi connectivity index (χ3n) is 3.24. The standard InChI is InChI=1S/C12H14ClN7O/c1-19-6-7(5-15-19)20-3-2-8(11(20)21)16-10-4-9(13)17-12(14)18-10/h4-6,8H,2-3H2,1H3,(H3,14,16,17,18). The van der Waals surface area contributed by atoms with Crippen LogP contribution in [0.25, 0.3) is 0 Å². The fourth-order valence-electron chi connectivity index (χ4n) is 2.31. The largest absolute Gasteiger partial charge is 0.368 e. The van der Waals surface area contributed by atoms with E-state index < -0.39 is 0 Å². The molecular formula is C12H14ClN7O. The molecule has 21 heavy (non-hydrogen) atoms. The molecule has 1 amide bonds. The van der Waals surface area contributed by atoms with Crippen molar-refractivity contribution in [3.8, 4) is 0 Å². The van der Waals surface area contributed by atoms with Crippen LogP contribution in [-0.4, -0.2) is 38.2 Å². The Labute approximate surface area is 125 Å². The lowest BCUT2D eigenvalue weighted by molar-refractivity contribution is -0.117. The second-order valence-corrected chi connectivity index (χ2v) is 5.17. The number of nitrogens with zero attached hydrogens (tertiary/aromatic N) is 5. The number of halogens is 1. The number of carbonyl (C=O) groups is 1. The maximum atomic E-state index is 12.4. The zero-order valence-corrected chi connectivity index (χ0v) is 12.1. The molecule has 3 rings (SSSR count). The normalized spacial score (nSPS) is 18.3. The Kier molecular flexibility index (Phi) is 3.38. The summed E-state index contributed by atoms with van der Waals surface area (Å²) in [6.45, 7) is 0.622. The Morgan fingerprint density at radius 2 is 2.29 bits per heavy atom. The number of amides is 1. The molecule has 1 saturated heterocycles. The molecule has 1 fully saturated rings. The van der Waals surface area contributed by atoms with E-state index in [2.05, 4.69) is 20.4 Å². The van der Waals surface area contributed by atoms with Crippen molar-refractivity contribution in [1.29, 1.82) is 0 Å². The van der Waals surface area contributed by atoms with Gasteiger partial charge in [-0.1, -0.05) is 11.6 Å². The molecule has 3 N–H and O–H groups in total. The summed E-state index contributed by atoms with van der Waals surface area (Å²) >= 11 is 5.82. The molecular weight excluding hydrogens is 294 g/mol. The van der Waals surface area contributed by atoms with Crippen LogP contribution in [0.5, 0.6) is 0 Å². The van der Waals surface area contributed by atoms with Crippen LogP contribution in [0.15, 0.2) is 18.5 Å². The number of hydrogen-bond acceptors (Lipinski definition) is 6. The van der Waals surface area contributed by atoms with E-state index in [4.69, 9.17) is 17.3 Å². The second-order valence-electron chi connectivity index (χ2n) is 4.78.